The SMILES string of the molecule is CCCCN=c1[n-][n+](-c2ccccc2)no1. The van der Waals surface area contributed by atoms with Gasteiger partial charge in [0.2, 0.25) is 11.4 Å². The molecule has 0 saturated heterocycles. The highest BCUT2D eigenvalue weighted by atomic mass is 16.5. The van der Waals surface area contributed by atoms with E-state index < -0.39 is 0 Å². The van der Waals surface area contributed by atoms with E-state index in [0.717, 1.165) is 25.1 Å². The van der Waals surface area contributed by atoms with Gasteiger partial charge in [0.05, 0.1) is 5.27 Å². The minimum atomic E-state index is 0.331. The van der Waals surface area contributed by atoms with Crippen LogP contribution >= 0.6 is 0 Å². The third-order valence-electron chi connectivity index (χ3n) is 2.13. The van der Waals surface area contributed by atoms with Crippen molar-refractivity contribution in [3.63, 3.8) is 0 Å². The Bertz CT molecular complexity index is 486. The highest BCUT2D eigenvalue weighted by Crippen LogP contribution is 1.93. The number of unbranched alkanes of at least 4 members (excludes halogenated alkanes) is 1. The van der Waals surface area contributed by atoms with E-state index in [1.165, 1.54) is 4.80 Å². The first-order valence-corrected chi connectivity index (χ1v) is 5.39. The summed E-state index contributed by atoms with van der Waals surface area (Å²) in [5.74, 6) is 0. The fraction of sp³-hybridized carbons (Fsp3) is 0.364. The molecule has 2 rings (SSSR count). The van der Waals surface area contributed by atoms with Crippen LogP contribution in [0.3, 0.4) is 0 Å². The molecule has 16 heavy (non-hydrogen) atoms. The molecule has 84 valence electrons. The Balaban J connectivity index is 2.17. The summed E-state index contributed by atoms with van der Waals surface area (Å²) in [6, 6.07) is 9.60. The van der Waals surface area contributed by atoms with Crippen LogP contribution in [0, 0.1) is 0 Å². The van der Waals surface area contributed by atoms with Crippen molar-refractivity contribution in [2.24, 2.45) is 4.99 Å². The van der Waals surface area contributed by atoms with E-state index in [0.29, 0.717) is 5.68 Å². The summed E-state index contributed by atoms with van der Waals surface area (Å²) in [6.45, 7) is 2.85. The summed E-state index contributed by atoms with van der Waals surface area (Å²) < 4.78 is 5.00. The zero-order chi connectivity index (χ0) is 11.2. The number of rotatable bonds is 4. The lowest BCUT2D eigenvalue weighted by molar-refractivity contribution is -0.730. The Morgan fingerprint density at radius 1 is 1.38 bits per heavy atom. The van der Waals surface area contributed by atoms with Crippen molar-refractivity contribution in [3.05, 3.63) is 36.0 Å². The molecule has 5 nitrogen and oxygen atoms in total. The van der Waals surface area contributed by atoms with E-state index in [1.807, 2.05) is 30.3 Å². The summed E-state index contributed by atoms with van der Waals surface area (Å²) in [5, 5.41) is 7.93. The molecular weight excluding hydrogens is 204 g/mol. The Morgan fingerprint density at radius 3 is 2.94 bits per heavy atom. The van der Waals surface area contributed by atoms with Gasteiger partial charge in [-0.15, -0.1) is 0 Å². The summed E-state index contributed by atoms with van der Waals surface area (Å²) in [6.07, 6.45) is 2.14. The van der Waals surface area contributed by atoms with Crippen LogP contribution in [-0.2, 0) is 0 Å². The second-order valence-electron chi connectivity index (χ2n) is 3.42. The van der Waals surface area contributed by atoms with Crippen molar-refractivity contribution in [2.45, 2.75) is 19.8 Å². The van der Waals surface area contributed by atoms with Crippen molar-refractivity contribution in [2.75, 3.05) is 6.54 Å². The molecule has 0 fully saturated rings. The highest BCUT2D eigenvalue weighted by Gasteiger charge is 2.03. The maximum Gasteiger partial charge on any atom is 0.247 e. The number of nitrogens with zero attached hydrogens (tertiary/aromatic N) is 4. The zero-order valence-electron chi connectivity index (χ0n) is 9.21. The second-order valence-corrected chi connectivity index (χ2v) is 3.42. The van der Waals surface area contributed by atoms with Crippen molar-refractivity contribution in [1.82, 2.24) is 10.4 Å². The van der Waals surface area contributed by atoms with E-state index in [2.05, 4.69) is 22.3 Å². The van der Waals surface area contributed by atoms with E-state index in [9.17, 15) is 0 Å². The molecule has 0 aliphatic rings. The van der Waals surface area contributed by atoms with Crippen molar-refractivity contribution in [1.29, 1.82) is 0 Å². The monoisotopic (exact) mass is 218 g/mol. The van der Waals surface area contributed by atoms with Crippen LogP contribution in [0.1, 0.15) is 19.8 Å². The van der Waals surface area contributed by atoms with E-state index in [4.69, 9.17) is 4.52 Å². The fourth-order valence-electron chi connectivity index (χ4n) is 1.25. The molecule has 0 saturated carbocycles. The first kappa shape index (κ1) is 10.6. The summed E-state index contributed by atoms with van der Waals surface area (Å²) >= 11 is 0. The molecule has 0 radical (unpaired) electrons. The molecule has 0 atom stereocenters. The van der Waals surface area contributed by atoms with Gasteiger partial charge in [-0.2, -0.15) is 0 Å². The van der Waals surface area contributed by atoms with Crippen molar-refractivity contribution in [3.8, 4) is 5.69 Å². The third kappa shape index (κ3) is 2.56. The summed E-state index contributed by atoms with van der Waals surface area (Å²) in [4.78, 5) is 5.62. The van der Waals surface area contributed by atoms with Crippen LogP contribution in [0.5, 0.6) is 0 Å². The van der Waals surface area contributed by atoms with Gasteiger partial charge >= 0.3 is 0 Å². The number of para-hydroxylation sites is 1. The summed E-state index contributed by atoms with van der Waals surface area (Å²) in [7, 11) is 0. The first-order valence-electron chi connectivity index (χ1n) is 5.39. The van der Waals surface area contributed by atoms with Gasteiger partial charge in [-0.05, 0) is 17.8 Å². The topological polar surface area (TPSA) is 56.4 Å². The van der Waals surface area contributed by atoms with Gasteiger partial charge in [0.15, 0.2) is 0 Å². The molecule has 5 heteroatoms. The van der Waals surface area contributed by atoms with E-state index in [1.54, 1.807) is 0 Å². The number of hydrogen-bond donors (Lipinski definition) is 0. The van der Waals surface area contributed by atoms with Gasteiger partial charge in [0.1, 0.15) is 0 Å². The maximum absolute atomic E-state index is 5.00. The van der Waals surface area contributed by atoms with E-state index >= 15 is 0 Å². The summed E-state index contributed by atoms with van der Waals surface area (Å²) in [5.41, 5.74) is 1.19. The standard InChI is InChI=1S/C11H14N4O/c1-2-3-9-12-11-13-15(14-16-11)10-7-5-4-6-8-10/h4-8H,2-3,9H2,1H3. The molecule has 0 unspecified atom stereocenters. The normalized spacial score (nSPS) is 11.9. The zero-order valence-corrected chi connectivity index (χ0v) is 9.21. The average molecular weight is 218 g/mol. The molecule has 0 aliphatic heterocycles. The molecule has 2 aromatic rings. The minimum Gasteiger partial charge on any atom is -0.361 e. The van der Waals surface area contributed by atoms with Gasteiger partial charge < -0.3 is 9.52 Å². The lowest BCUT2D eigenvalue weighted by Crippen LogP contribution is -2.40. The molecule has 1 aromatic carbocycles. The first-order chi connectivity index (χ1) is 7.90. The lowest BCUT2D eigenvalue weighted by atomic mass is 10.3. The number of benzene rings is 1. The number of hydrogen-bond acceptors (Lipinski definition) is 3. The number of aromatic nitrogens is 3. The second kappa shape index (κ2) is 5.25. The molecule has 0 N–H and O–H groups in total. The molecule has 0 spiro atoms. The average Bonchev–Trinajstić information content (AvgIpc) is 2.79. The van der Waals surface area contributed by atoms with E-state index in [-0.39, 0.29) is 0 Å². The molecular formula is C11H14N4O. The largest absolute Gasteiger partial charge is 0.361 e. The molecule has 0 amide bonds. The van der Waals surface area contributed by atoms with Gasteiger partial charge in [0, 0.05) is 12.1 Å². The molecule has 0 aliphatic carbocycles. The maximum atomic E-state index is 5.00. The molecule has 1 aromatic heterocycles. The Kier molecular flexibility index (Phi) is 3.48. The fourth-order valence-corrected chi connectivity index (χ4v) is 1.25. The molecule has 1 heterocycles. The van der Waals surface area contributed by atoms with Gasteiger partial charge in [-0.3, -0.25) is 0 Å². The van der Waals surface area contributed by atoms with Crippen molar-refractivity contribution < 1.29 is 9.32 Å². The van der Waals surface area contributed by atoms with Gasteiger partial charge in [-0.25, -0.2) is 0 Å². The Hall–Kier alpha value is -1.91. The van der Waals surface area contributed by atoms with Crippen molar-refractivity contribution >= 4 is 0 Å². The Labute approximate surface area is 93.4 Å². The predicted molar refractivity (Wildman–Crippen MR) is 56.7 cm³/mol. The van der Waals surface area contributed by atoms with Crippen LogP contribution in [0.15, 0.2) is 39.8 Å². The predicted octanol–water partition coefficient (Wildman–Crippen LogP) is 0.609. The third-order valence-corrected chi connectivity index (χ3v) is 2.13. The van der Waals surface area contributed by atoms with Gasteiger partial charge in [0.25, 0.3) is 0 Å². The van der Waals surface area contributed by atoms with Crippen LogP contribution in [-0.4, -0.2) is 11.8 Å². The highest BCUT2D eigenvalue weighted by molar-refractivity contribution is 5.19. The lowest BCUT2D eigenvalue weighted by Gasteiger charge is -1.89. The van der Waals surface area contributed by atoms with Crippen LogP contribution in [0.4, 0.5) is 0 Å². The van der Waals surface area contributed by atoms with Crippen LogP contribution in [0.2, 0.25) is 0 Å². The molecule has 0 bridgehead atoms. The quantitative estimate of drug-likeness (QED) is 0.558. The Morgan fingerprint density at radius 2 is 2.19 bits per heavy atom. The smallest absolute Gasteiger partial charge is 0.247 e. The van der Waals surface area contributed by atoms with Gasteiger partial charge in [-0.1, -0.05) is 36.6 Å². The minimum absolute atomic E-state index is 0.331. The van der Waals surface area contributed by atoms with Crippen LogP contribution < -0.4 is 15.6 Å². The van der Waals surface area contributed by atoms with Crippen LogP contribution in [0.25, 0.3) is 5.69 Å².